The molecule has 0 spiro atoms. The lowest BCUT2D eigenvalue weighted by Gasteiger charge is -2.36. The molecule has 0 saturated carbocycles. The Hall–Kier alpha value is -3.06. The third-order valence-corrected chi connectivity index (χ3v) is 7.27. The van der Waals surface area contributed by atoms with Crippen molar-refractivity contribution in [2.75, 3.05) is 43.7 Å². The topological polar surface area (TPSA) is 77.1 Å². The minimum absolute atomic E-state index is 0.0550. The van der Waals surface area contributed by atoms with Crippen LogP contribution >= 0.6 is 0 Å². The summed E-state index contributed by atoms with van der Waals surface area (Å²) in [5, 5.41) is 3.14. The fourth-order valence-electron chi connectivity index (χ4n) is 4.86. The summed E-state index contributed by atoms with van der Waals surface area (Å²) in [4.78, 5) is 28.9. The number of rotatable bonds is 7. The average Bonchev–Trinajstić information content (AvgIpc) is 2.97. The first kappa shape index (κ1) is 26.0. The van der Waals surface area contributed by atoms with E-state index in [1.165, 1.54) is 0 Å². The van der Waals surface area contributed by atoms with Gasteiger partial charge in [-0.15, -0.1) is 0 Å². The Labute approximate surface area is 214 Å². The number of fused-ring (bicyclic) bond motifs is 1. The molecule has 1 saturated heterocycles. The van der Waals surface area contributed by atoms with Gasteiger partial charge in [-0.1, -0.05) is 26.0 Å². The third kappa shape index (κ3) is 5.21. The van der Waals surface area contributed by atoms with Gasteiger partial charge in [-0.25, -0.2) is 0 Å². The van der Waals surface area contributed by atoms with E-state index >= 15 is 0 Å². The maximum Gasteiger partial charge on any atom is 0.236 e. The molecule has 0 unspecified atom stereocenters. The Balaban J connectivity index is 1.62. The Morgan fingerprint density at radius 2 is 1.81 bits per heavy atom. The van der Waals surface area contributed by atoms with E-state index in [1.54, 1.807) is 7.11 Å². The van der Waals surface area contributed by atoms with Crippen molar-refractivity contribution in [3.63, 3.8) is 0 Å². The van der Waals surface area contributed by atoms with Gasteiger partial charge in [-0.2, -0.15) is 0 Å². The van der Waals surface area contributed by atoms with Crippen molar-refractivity contribution in [3.8, 4) is 11.5 Å². The van der Waals surface area contributed by atoms with Gasteiger partial charge in [0.25, 0.3) is 0 Å². The van der Waals surface area contributed by atoms with Crippen LogP contribution in [0.4, 0.5) is 11.4 Å². The fraction of sp³-hybridized carbons (Fsp3) is 0.517. The molecular weight excluding hydrogens is 456 g/mol. The van der Waals surface area contributed by atoms with Gasteiger partial charge in [0.15, 0.2) is 0 Å². The van der Waals surface area contributed by atoms with Crippen LogP contribution in [0.1, 0.15) is 52.5 Å². The number of anilines is 2. The first-order chi connectivity index (χ1) is 17.2. The average molecular weight is 495 g/mol. The lowest BCUT2D eigenvalue weighted by molar-refractivity contribution is -0.127. The molecule has 2 aromatic rings. The minimum Gasteiger partial charge on any atom is -0.497 e. The lowest BCUT2D eigenvalue weighted by Crippen LogP contribution is -2.44. The highest BCUT2D eigenvalue weighted by atomic mass is 16.5. The van der Waals surface area contributed by atoms with Crippen molar-refractivity contribution in [1.29, 1.82) is 0 Å². The van der Waals surface area contributed by atoms with E-state index < -0.39 is 10.8 Å². The van der Waals surface area contributed by atoms with Crippen LogP contribution in [0.5, 0.6) is 11.5 Å². The molecule has 4 rings (SSSR count). The van der Waals surface area contributed by atoms with Crippen molar-refractivity contribution in [2.45, 2.75) is 52.4 Å². The first-order valence-corrected chi connectivity index (χ1v) is 12.8. The van der Waals surface area contributed by atoms with Gasteiger partial charge in [-0.05, 0) is 68.9 Å². The van der Waals surface area contributed by atoms with Crippen molar-refractivity contribution in [1.82, 2.24) is 0 Å². The van der Waals surface area contributed by atoms with E-state index in [-0.39, 0.29) is 18.4 Å². The lowest BCUT2D eigenvalue weighted by atomic mass is 9.73. The summed E-state index contributed by atoms with van der Waals surface area (Å²) in [5.74, 6) is 1.82. The zero-order valence-corrected chi connectivity index (χ0v) is 22.1. The highest BCUT2D eigenvalue weighted by molar-refractivity contribution is 6.02. The molecule has 7 heteroatoms. The standard InChI is InChI=1S/C29H38N2O5/c1-20(2)12-15-31-24-11-8-22(18-25(24)36-19-28(3,4)27(31)33)30-26(32)29(13-16-35-17-14-29)21-6-9-23(34-5)10-7-21/h6-11,18,20H,12-17,19H2,1-5H3,(H,30,32). The van der Waals surface area contributed by atoms with E-state index in [4.69, 9.17) is 14.2 Å². The van der Waals surface area contributed by atoms with Crippen molar-refractivity contribution in [2.24, 2.45) is 11.3 Å². The Morgan fingerprint density at radius 1 is 1.11 bits per heavy atom. The number of benzene rings is 2. The number of carbonyl (C=O) groups excluding carboxylic acids is 2. The normalized spacial score (nSPS) is 18.7. The largest absolute Gasteiger partial charge is 0.497 e. The van der Waals surface area contributed by atoms with E-state index in [1.807, 2.05) is 61.2 Å². The predicted molar refractivity (Wildman–Crippen MR) is 141 cm³/mol. The van der Waals surface area contributed by atoms with E-state index in [9.17, 15) is 9.59 Å². The molecule has 0 bridgehead atoms. The van der Waals surface area contributed by atoms with E-state index in [0.29, 0.717) is 50.0 Å². The second-order valence-electron chi connectivity index (χ2n) is 10.9. The molecule has 2 amide bonds. The molecule has 2 aromatic carbocycles. The third-order valence-electron chi connectivity index (χ3n) is 7.27. The summed E-state index contributed by atoms with van der Waals surface area (Å²) in [7, 11) is 1.63. The van der Waals surface area contributed by atoms with Crippen LogP contribution in [0.25, 0.3) is 0 Å². The summed E-state index contributed by atoms with van der Waals surface area (Å²) in [6.45, 7) is 10.1. The molecule has 2 aliphatic heterocycles. The summed E-state index contributed by atoms with van der Waals surface area (Å²) in [6, 6.07) is 13.3. The van der Waals surface area contributed by atoms with Gasteiger partial charge < -0.3 is 24.4 Å². The molecule has 0 radical (unpaired) electrons. The zero-order valence-electron chi connectivity index (χ0n) is 22.1. The Morgan fingerprint density at radius 3 is 2.44 bits per heavy atom. The molecule has 0 aromatic heterocycles. The van der Waals surface area contributed by atoms with Crippen molar-refractivity contribution >= 4 is 23.2 Å². The molecule has 7 nitrogen and oxygen atoms in total. The van der Waals surface area contributed by atoms with Crippen LogP contribution < -0.4 is 19.7 Å². The van der Waals surface area contributed by atoms with E-state index in [2.05, 4.69) is 19.2 Å². The van der Waals surface area contributed by atoms with Gasteiger partial charge in [-0.3, -0.25) is 9.59 Å². The maximum atomic E-state index is 13.8. The summed E-state index contributed by atoms with van der Waals surface area (Å²) < 4.78 is 17.0. The fourth-order valence-corrected chi connectivity index (χ4v) is 4.86. The smallest absolute Gasteiger partial charge is 0.236 e. The molecule has 2 heterocycles. The minimum atomic E-state index is -0.695. The van der Waals surface area contributed by atoms with Crippen molar-refractivity contribution < 1.29 is 23.8 Å². The van der Waals surface area contributed by atoms with Gasteiger partial charge in [0.1, 0.15) is 18.1 Å². The number of hydrogen-bond acceptors (Lipinski definition) is 5. The monoisotopic (exact) mass is 494 g/mol. The SMILES string of the molecule is COc1ccc(C2(C(=O)Nc3ccc4c(c3)OCC(C)(C)C(=O)N4CCC(C)C)CCOCC2)cc1. The summed E-state index contributed by atoms with van der Waals surface area (Å²) in [5.41, 5.74) is 1.01. The second-order valence-corrected chi connectivity index (χ2v) is 10.9. The Kier molecular flexibility index (Phi) is 7.59. The van der Waals surface area contributed by atoms with Crippen LogP contribution in [-0.4, -0.2) is 45.3 Å². The number of nitrogens with one attached hydrogen (secondary N) is 1. The number of methoxy groups -OCH3 is 1. The quantitative estimate of drug-likeness (QED) is 0.574. The van der Waals surface area contributed by atoms with Crippen LogP contribution in [0.2, 0.25) is 0 Å². The Bertz CT molecular complexity index is 1090. The number of nitrogens with zero attached hydrogens (tertiary/aromatic N) is 1. The zero-order chi connectivity index (χ0) is 25.9. The molecule has 2 aliphatic rings. The molecule has 0 atom stereocenters. The highest BCUT2D eigenvalue weighted by Gasteiger charge is 2.42. The molecule has 0 aliphatic carbocycles. The number of hydrogen-bond donors (Lipinski definition) is 1. The van der Waals surface area contributed by atoms with Crippen LogP contribution in [-0.2, 0) is 19.7 Å². The summed E-state index contributed by atoms with van der Waals surface area (Å²) >= 11 is 0. The number of ether oxygens (including phenoxy) is 3. The number of amides is 2. The van der Waals surface area contributed by atoms with Gasteiger partial charge in [0.2, 0.25) is 11.8 Å². The molecule has 36 heavy (non-hydrogen) atoms. The van der Waals surface area contributed by atoms with Gasteiger partial charge in [0.05, 0.1) is 23.6 Å². The van der Waals surface area contributed by atoms with Crippen LogP contribution in [0.15, 0.2) is 42.5 Å². The maximum absolute atomic E-state index is 13.8. The molecule has 194 valence electrons. The van der Waals surface area contributed by atoms with Gasteiger partial charge >= 0.3 is 0 Å². The highest BCUT2D eigenvalue weighted by Crippen LogP contribution is 2.40. The van der Waals surface area contributed by atoms with Crippen LogP contribution in [0, 0.1) is 11.3 Å². The van der Waals surface area contributed by atoms with Crippen molar-refractivity contribution in [3.05, 3.63) is 48.0 Å². The van der Waals surface area contributed by atoms with Crippen LogP contribution in [0.3, 0.4) is 0 Å². The molecule has 1 N–H and O–H groups in total. The predicted octanol–water partition coefficient (Wildman–Crippen LogP) is 5.18. The molecular formula is C29H38N2O5. The van der Waals surface area contributed by atoms with E-state index in [0.717, 1.165) is 23.4 Å². The summed E-state index contributed by atoms with van der Waals surface area (Å²) in [6.07, 6.45) is 2.09. The molecule has 1 fully saturated rings. The second kappa shape index (κ2) is 10.5. The number of carbonyl (C=O) groups is 2. The first-order valence-electron chi connectivity index (χ1n) is 12.8. The van der Waals surface area contributed by atoms with Gasteiger partial charge in [0, 0.05) is 31.5 Å².